The molecule has 0 radical (unpaired) electrons. The standard InChI is InChI=1S/C17H29NO2/c1-12(2)16-8-7-15(9-13(16)3)20-11-14(19)10-18-17(4,5)6/h7-9,12,14,18-19H,10-11H2,1-6H3/t14-/m0/s1. The molecule has 20 heavy (non-hydrogen) atoms. The summed E-state index contributed by atoms with van der Waals surface area (Å²) in [6.07, 6.45) is -0.501. The van der Waals surface area contributed by atoms with Crippen molar-refractivity contribution in [2.45, 2.75) is 59.1 Å². The zero-order valence-corrected chi connectivity index (χ0v) is 13.7. The van der Waals surface area contributed by atoms with E-state index >= 15 is 0 Å². The summed E-state index contributed by atoms with van der Waals surface area (Å²) >= 11 is 0. The van der Waals surface area contributed by atoms with Gasteiger partial charge in [-0.05, 0) is 56.9 Å². The van der Waals surface area contributed by atoms with Gasteiger partial charge in [-0.25, -0.2) is 0 Å². The quantitative estimate of drug-likeness (QED) is 0.840. The molecule has 114 valence electrons. The lowest BCUT2D eigenvalue weighted by Crippen LogP contribution is -2.42. The van der Waals surface area contributed by atoms with Crippen LogP contribution in [0.4, 0.5) is 0 Å². The van der Waals surface area contributed by atoms with Crippen LogP contribution in [0.1, 0.15) is 51.7 Å². The minimum atomic E-state index is -0.501. The third-order valence-electron chi connectivity index (χ3n) is 3.17. The van der Waals surface area contributed by atoms with Gasteiger partial charge in [0, 0.05) is 12.1 Å². The first-order valence-corrected chi connectivity index (χ1v) is 7.35. The summed E-state index contributed by atoms with van der Waals surface area (Å²) in [5.41, 5.74) is 2.59. The Balaban J connectivity index is 2.48. The van der Waals surface area contributed by atoms with Crippen molar-refractivity contribution in [2.75, 3.05) is 13.2 Å². The highest BCUT2D eigenvalue weighted by Gasteiger charge is 2.13. The molecule has 0 bridgehead atoms. The molecule has 0 aromatic heterocycles. The molecule has 1 rings (SSSR count). The van der Waals surface area contributed by atoms with Crippen molar-refractivity contribution >= 4 is 0 Å². The van der Waals surface area contributed by atoms with E-state index in [-0.39, 0.29) is 5.54 Å². The van der Waals surface area contributed by atoms with Crippen LogP contribution in [0.15, 0.2) is 18.2 Å². The van der Waals surface area contributed by atoms with Gasteiger partial charge in [-0.15, -0.1) is 0 Å². The van der Waals surface area contributed by atoms with Crippen molar-refractivity contribution in [3.63, 3.8) is 0 Å². The number of rotatable bonds is 6. The molecule has 0 saturated heterocycles. The first kappa shape index (κ1) is 17.0. The van der Waals surface area contributed by atoms with Gasteiger partial charge in [-0.2, -0.15) is 0 Å². The number of β-amino-alcohol motifs (C(OH)–C–C–N with tert-alkyl or cyclic N) is 1. The number of ether oxygens (including phenoxy) is 1. The summed E-state index contributed by atoms with van der Waals surface area (Å²) in [6, 6.07) is 6.13. The van der Waals surface area contributed by atoms with Crippen LogP contribution in [0.3, 0.4) is 0 Å². The topological polar surface area (TPSA) is 41.5 Å². The fourth-order valence-corrected chi connectivity index (χ4v) is 2.06. The fraction of sp³-hybridized carbons (Fsp3) is 0.647. The van der Waals surface area contributed by atoms with Crippen LogP contribution in [0.2, 0.25) is 0 Å². The highest BCUT2D eigenvalue weighted by Crippen LogP contribution is 2.23. The summed E-state index contributed by atoms with van der Waals surface area (Å²) < 4.78 is 5.66. The Kier molecular flexibility index (Phi) is 6.03. The predicted octanol–water partition coefficient (Wildman–Crippen LogP) is 3.25. The summed E-state index contributed by atoms with van der Waals surface area (Å²) in [5.74, 6) is 1.34. The Bertz CT molecular complexity index is 421. The molecule has 0 unspecified atom stereocenters. The Hall–Kier alpha value is -1.06. The first-order chi connectivity index (χ1) is 9.19. The largest absolute Gasteiger partial charge is 0.491 e. The van der Waals surface area contributed by atoms with Gasteiger partial charge in [0.2, 0.25) is 0 Å². The number of benzene rings is 1. The monoisotopic (exact) mass is 279 g/mol. The van der Waals surface area contributed by atoms with E-state index < -0.39 is 6.10 Å². The summed E-state index contributed by atoms with van der Waals surface area (Å²) in [6.45, 7) is 13.5. The van der Waals surface area contributed by atoms with Crippen LogP contribution < -0.4 is 10.1 Å². The highest BCUT2D eigenvalue weighted by molar-refractivity contribution is 5.36. The van der Waals surface area contributed by atoms with E-state index in [0.717, 1.165) is 5.75 Å². The van der Waals surface area contributed by atoms with E-state index in [0.29, 0.717) is 19.1 Å². The second kappa shape index (κ2) is 7.09. The van der Waals surface area contributed by atoms with Gasteiger partial charge in [-0.3, -0.25) is 0 Å². The molecule has 0 aliphatic rings. The molecule has 3 heteroatoms. The Morgan fingerprint density at radius 2 is 1.90 bits per heavy atom. The van der Waals surface area contributed by atoms with E-state index in [2.05, 4.69) is 52.9 Å². The lowest BCUT2D eigenvalue weighted by molar-refractivity contribution is 0.100. The van der Waals surface area contributed by atoms with Crippen LogP contribution in [0.5, 0.6) is 5.75 Å². The summed E-state index contributed by atoms with van der Waals surface area (Å²) in [7, 11) is 0. The van der Waals surface area contributed by atoms with Gasteiger partial charge in [0.1, 0.15) is 18.5 Å². The van der Waals surface area contributed by atoms with Crippen molar-refractivity contribution in [1.82, 2.24) is 5.32 Å². The normalized spacial score (nSPS) is 13.6. The minimum absolute atomic E-state index is 0.0104. The van der Waals surface area contributed by atoms with Crippen LogP contribution in [-0.2, 0) is 0 Å². The zero-order valence-electron chi connectivity index (χ0n) is 13.7. The molecule has 0 amide bonds. The number of hydrogen-bond donors (Lipinski definition) is 2. The first-order valence-electron chi connectivity index (χ1n) is 7.35. The number of hydrogen-bond acceptors (Lipinski definition) is 3. The van der Waals surface area contributed by atoms with Crippen LogP contribution in [0, 0.1) is 6.92 Å². The third-order valence-corrected chi connectivity index (χ3v) is 3.17. The lowest BCUT2D eigenvalue weighted by Gasteiger charge is -2.23. The smallest absolute Gasteiger partial charge is 0.119 e. The predicted molar refractivity (Wildman–Crippen MR) is 84.5 cm³/mol. The van der Waals surface area contributed by atoms with Gasteiger partial charge in [0.25, 0.3) is 0 Å². The van der Waals surface area contributed by atoms with E-state index in [1.54, 1.807) is 0 Å². The summed E-state index contributed by atoms with van der Waals surface area (Å²) in [5, 5.41) is 13.2. The number of aryl methyl sites for hydroxylation is 1. The molecular formula is C17H29NO2. The van der Waals surface area contributed by atoms with Crippen LogP contribution in [-0.4, -0.2) is 29.9 Å². The van der Waals surface area contributed by atoms with Gasteiger partial charge in [-0.1, -0.05) is 19.9 Å². The molecule has 0 aliphatic carbocycles. The van der Waals surface area contributed by atoms with Crippen molar-refractivity contribution in [2.24, 2.45) is 0 Å². The van der Waals surface area contributed by atoms with E-state index in [4.69, 9.17) is 4.74 Å². The van der Waals surface area contributed by atoms with E-state index in [1.165, 1.54) is 11.1 Å². The third kappa shape index (κ3) is 5.93. The van der Waals surface area contributed by atoms with Gasteiger partial charge >= 0.3 is 0 Å². The van der Waals surface area contributed by atoms with Crippen LogP contribution >= 0.6 is 0 Å². The maximum Gasteiger partial charge on any atom is 0.119 e. The average molecular weight is 279 g/mol. The minimum Gasteiger partial charge on any atom is -0.491 e. The maximum absolute atomic E-state index is 9.90. The second-order valence-corrected chi connectivity index (χ2v) is 6.77. The molecule has 2 N–H and O–H groups in total. The molecule has 0 spiro atoms. The van der Waals surface area contributed by atoms with Crippen molar-refractivity contribution in [1.29, 1.82) is 0 Å². The van der Waals surface area contributed by atoms with Crippen molar-refractivity contribution in [3.8, 4) is 5.75 Å². The van der Waals surface area contributed by atoms with E-state index in [9.17, 15) is 5.11 Å². The van der Waals surface area contributed by atoms with Crippen molar-refractivity contribution < 1.29 is 9.84 Å². The molecule has 0 saturated carbocycles. The molecule has 0 aliphatic heterocycles. The molecule has 1 aromatic carbocycles. The highest BCUT2D eigenvalue weighted by atomic mass is 16.5. The lowest BCUT2D eigenvalue weighted by atomic mass is 9.98. The molecule has 1 atom stereocenters. The Morgan fingerprint density at radius 3 is 2.40 bits per heavy atom. The second-order valence-electron chi connectivity index (χ2n) is 6.77. The average Bonchev–Trinajstić information content (AvgIpc) is 2.32. The maximum atomic E-state index is 9.90. The number of aliphatic hydroxyl groups is 1. The van der Waals surface area contributed by atoms with Crippen LogP contribution in [0.25, 0.3) is 0 Å². The zero-order chi connectivity index (χ0) is 15.3. The number of aliphatic hydroxyl groups excluding tert-OH is 1. The molecular weight excluding hydrogens is 250 g/mol. The molecule has 0 heterocycles. The number of nitrogens with one attached hydrogen (secondary N) is 1. The van der Waals surface area contributed by atoms with Gasteiger partial charge < -0.3 is 15.2 Å². The molecule has 3 nitrogen and oxygen atoms in total. The van der Waals surface area contributed by atoms with E-state index in [1.807, 2.05) is 12.1 Å². The summed E-state index contributed by atoms with van der Waals surface area (Å²) in [4.78, 5) is 0. The fourth-order valence-electron chi connectivity index (χ4n) is 2.06. The SMILES string of the molecule is Cc1cc(OC[C@@H](O)CNC(C)(C)C)ccc1C(C)C. The molecule has 1 aromatic rings. The Labute approximate surface area is 123 Å². The van der Waals surface area contributed by atoms with Gasteiger partial charge in [0.15, 0.2) is 0 Å². The Morgan fingerprint density at radius 1 is 1.25 bits per heavy atom. The molecule has 0 fully saturated rings. The van der Waals surface area contributed by atoms with Crippen molar-refractivity contribution in [3.05, 3.63) is 29.3 Å². The van der Waals surface area contributed by atoms with Gasteiger partial charge in [0.05, 0.1) is 0 Å².